The summed E-state index contributed by atoms with van der Waals surface area (Å²) >= 11 is 3.32. The number of nitrogens with two attached hydrogens (primary N) is 1. The van der Waals surface area contributed by atoms with Crippen molar-refractivity contribution in [1.29, 1.82) is 0 Å². The van der Waals surface area contributed by atoms with E-state index in [4.69, 9.17) is 10.5 Å². The first-order valence-corrected chi connectivity index (χ1v) is 9.01. The number of hydrogen-bond acceptors (Lipinski definition) is 4. The number of nitrogen functional groups attached to an aromatic ring is 1. The number of nitrogens with one attached hydrogen (secondary N) is 1. The van der Waals surface area contributed by atoms with Crippen molar-refractivity contribution in [3.05, 3.63) is 34.7 Å². The van der Waals surface area contributed by atoms with Crippen LogP contribution in [0.3, 0.4) is 0 Å². The Kier molecular flexibility index (Phi) is 5.95. The van der Waals surface area contributed by atoms with Gasteiger partial charge in [0.1, 0.15) is 16.8 Å². The first-order chi connectivity index (χ1) is 11.0. The molecule has 23 heavy (non-hydrogen) atoms. The summed E-state index contributed by atoms with van der Waals surface area (Å²) in [6.45, 7) is 1.92. The lowest BCUT2D eigenvalue weighted by Crippen LogP contribution is -2.09. The molecule has 0 aliphatic heterocycles. The molecular weight excluding hydrogens is 385 g/mol. The van der Waals surface area contributed by atoms with Crippen LogP contribution in [0.4, 0.5) is 15.9 Å². The Labute approximate surface area is 145 Å². The fourth-order valence-electron chi connectivity index (χ4n) is 2.07. The molecule has 0 bridgehead atoms. The average molecular weight is 402 g/mol. The van der Waals surface area contributed by atoms with Gasteiger partial charge in [-0.3, -0.25) is 0 Å². The Hall–Kier alpha value is -1.67. The van der Waals surface area contributed by atoms with Crippen LogP contribution in [0.25, 0.3) is 11.1 Å². The van der Waals surface area contributed by atoms with Crippen LogP contribution in [-0.4, -0.2) is 22.1 Å². The number of anilines is 2. The first-order valence-electron chi connectivity index (χ1n) is 6.90. The molecule has 0 saturated carbocycles. The van der Waals surface area contributed by atoms with E-state index in [9.17, 15) is 8.60 Å². The van der Waals surface area contributed by atoms with Crippen LogP contribution in [0.5, 0.6) is 5.75 Å². The largest absolute Gasteiger partial charge is 0.492 e. The number of methoxy groups -OCH3 is 1. The molecule has 1 atom stereocenters. The molecule has 124 valence electrons. The molecule has 1 aromatic heterocycles. The number of nitrogens with zero attached hydrogens (tertiary/aromatic N) is 1. The topological polar surface area (TPSA) is 77.2 Å². The van der Waals surface area contributed by atoms with Gasteiger partial charge in [0, 0.05) is 22.0 Å². The molecule has 0 spiro atoms. The molecule has 8 heteroatoms. The smallest absolute Gasteiger partial charge is 0.178 e. The van der Waals surface area contributed by atoms with E-state index in [2.05, 4.69) is 25.6 Å². The number of ether oxygens (including phenoxy) is 1. The molecule has 5 nitrogen and oxygen atoms in total. The molecule has 2 aromatic rings. The zero-order valence-corrected chi connectivity index (χ0v) is 15.1. The molecule has 1 heterocycles. The summed E-state index contributed by atoms with van der Waals surface area (Å²) in [5, 5.41) is 0. The third-order valence-corrected chi connectivity index (χ3v) is 4.72. The highest BCUT2D eigenvalue weighted by Crippen LogP contribution is 2.36. The van der Waals surface area contributed by atoms with Crippen molar-refractivity contribution in [3.63, 3.8) is 0 Å². The van der Waals surface area contributed by atoms with Gasteiger partial charge in [-0.2, -0.15) is 0 Å². The fraction of sp³-hybridized carbons (Fsp3) is 0.267. The summed E-state index contributed by atoms with van der Waals surface area (Å²) in [6.07, 6.45) is 2.31. The van der Waals surface area contributed by atoms with Gasteiger partial charge in [0.2, 0.25) is 0 Å². The van der Waals surface area contributed by atoms with E-state index in [0.717, 1.165) is 10.9 Å². The molecule has 1 unspecified atom stereocenters. The third kappa shape index (κ3) is 4.20. The molecule has 0 radical (unpaired) electrons. The quantitative estimate of drug-likeness (QED) is 0.772. The molecule has 3 N–H and O–H groups in total. The predicted molar refractivity (Wildman–Crippen MR) is 95.2 cm³/mol. The van der Waals surface area contributed by atoms with Gasteiger partial charge in [-0.1, -0.05) is 6.92 Å². The summed E-state index contributed by atoms with van der Waals surface area (Å²) in [5.74, 6) is 0.175. The number of hydrogen-bond donors (Lipinski definition) is 2. The monoisotopic (exact) mass is 401 g/mol. The molecule has 0 saturated heterocycles. The molecule has 0 fully saturated rings. The number of benzene rings is 1. The highest BCUT2D eigenvalue weighted by molar-refractivity contribution is 9.10. The second-order valence-electron chi connectivity index (χ2n) is 4.78. The number of aromatic nitrogens is 1. The Morgan fingerprint density at radius 1 is 1.43 bits per heavy atom. The standard InChI is InChI=1S/C15H17BrFN3O2S/c1-3-4-23(21)20-13-6-9(5-12(17)14(13)22-2)11-7-10(16)8-19-15(11)18/h5-8,20H,3-4H2,1-2H3,(H2,18,19). The summed E-state index contributed by atoms with van der Waals surface area (Å²) in [4.78, 5) is 4.04. The van der Waals surface area contributed by atoms with Crippen LogP contribution in [0.1, 0.15) is 13.3 Å². The number of pyridine rings is 1. The minimum Gasteiger partial charge on any atom is -0.492 e. The lowest BCUT2D eigenvalue weighted by atomic mass is 10.1. The molecule has 0 aliphatic carbocycles. The van der Waals surface area contributed by atoms with E-state index in [1.54, 1.807) is 18.3 Å². The average Bonchev–Trinajstić information content (AvgIpc) is 2.49. The van der Waals surface area contributed by atoms with Crippen LogP contribution < -0.4 is 15.2 Å². The maximum atomic E-state index is 14.3. The van der Waals surface area contributed by atoms with Gasteiger partial charge >= 0.3 is 0 Å². The van der Waals surface area contributed by atoms with Crippen LogP contribution in [-0.2, 0) is 11.0 Å². The van der Waals surface area contributed by atoms with Crippen LogP contribution in [0.15, 0.2) is 28.9 Å². The first kappa shape index (κ1) is 17.7. The van der Waals surface area contributed by atoms with Crippen molar-refractivity contribution in [2.24, 2.45) is 0 Å². The highest BCUT2D eigenvalue weighted by atomic mass is 79.9. The van der Waals surface area contributed by atoms with Crippen molar-refractivity contribution in [2.45, 2.75) is 13.3 Å². The maximum Gasteiger partial charge on any atom is 0.178 e. The van der Waals surface area contributed by atoms with Crippen LogP contribution in [0.2, 0.25) is 0 Å². The summed E-state index contributed by atoms with van der Waals surface area (Å²) in [6, 6.07) is 4.71. The van der Waals surface area contributed by atoms with Crippen molar-refractivity contribution in [3.8, 4) is 16.9 Å². The van der Waals surface area contributed by atoms with Gasteiger partial charge in [0.25, 0.3) is 0 Å². The third-order valence-electron chi connectivity index (χ3n) is 3.06. The van der Waals surface area contributed by atoms with E-state index in [1.807, 2.05) is 6.92 Å². The Bertz CT molecular complexity index is 743. The second kappa shape index (κ2) is 7.74. The lowest BCUT2D eigenvalue weighted by Gasteiger charge is -2.14. The predicted octanol–water partition coefficient (Wildman–Crippen LogP) is 3.73. The van der Waals surface area contributed by atoms with Gasteiger partial charge in [0.05, 0.1) is 12.8 Å². The van der Waals surface area contributed by atoms with Crippen molar-refractivity contribution < 1.29 is 13.3 Å². The zero-order chi connectivity index (χ0) is 17.0. The molecular formula is C15H17BrFN3O2S. The minimum absolute atomic E-state index is 0.0136. The summed E-state index contributed by atoms with van der Waals surface area (Å²) in [7, 11) is 0.0437. The van der Waals surface area contributed by atoms with Gasteiger partial charge in [-0.15, -0.1) is 0 Å². The van der Waals surface area contributed by atoms with Gasteiger partial charge < -0.3 is 15.2 Å². The SMILES string of the molecule is CCCS(=O)Nc1cc(-c2cc(Br)cnc2N)cc(F)c1OC. The number of rotatable bonds is 6. The van der Waals surface area contributed by atoms with Crippen molar-refractivity contribution in [1.82, 2.24) is 4.98 Å². The molecule has 0 amide bonds. The maximum absolute atomic E-state index is 14.3. The van der Waals surface area contributed by atoms with E-state index >= 15 is 0 Å². The van der Waals surface area contributed by atoms with E-state index < -0.39 is 16.8 Å². The molecule has 0 aliphatic rings. The number of halogens is 2. The van der Waals surface area contributed by atoms with Crippen LogP contribution >= 0.6 is 15.9 Å². The fourth-order valence-corrected chi connectivity index (χ4v) is 3.27. The summed E-state index contributed by atoms with van der Waals surface area (Å²) < 4.78 is 34.8. The lowest BCUT2D eigenvalue weighted by molar-refractivity contribution is 0.389. The normalized spacial score (nSPS) is 12.0. The van der Waals surface area contributed by atoms with Crippen molar-refractivity contribution >= 4 is 38.4 Å². The second-order valence-corrected chi connectivity index (χ2v) is 7.00. The van der Waals surface area contributed by atoms with E-state index in [0.29, 0.717) is 22.6 Å². The Morgan fingerprint density at radius 3 is 2.83 bits per heavy atom. The minimum atomic E-state index is -1.32. The van der Waals surface area contributed by atoms with E-state index in [-0.39, 0.29) is 11.6 Å². The van der Waals surface area contributed by atoms with Crippen molar-refractivity contribution in [2.75, 3.05) is 23.3 Å². The van der Waals surface area contributed by atoms with Gasteiger partial charge in [0.15, 0.2) is 11.6 Å². The summed E-state index contributed by atoms with van der Waals surface area (Å²) in [5.41, 5.74) is 7.28. The Balaban J connectivity index is 2.52. The van der Waals surface area contributed by atoms with Gasteiger partial charge in [-0.25, -0.2) is 13.6 Å². The highest BCUT2D eigenvalue weighted by Gasteiger charge is 2.16. The van der Waals surface area contributed by atoms with Gasteiger partial charge in [-0.05, 0) is 46.1 Å². The Morgan fingerprint density at radius 2 is 2.17 bits per heavy atom. The molecule has 2 rings (SSSR count). The zero-order valence-electron chi connectivity index (χ0n) is 12.7. The van der Waals surface area contributed by atoms with E-state index in [1.165, 1.54) is 13.2 Å². The molecule has 1 aromatic carbocycles. The van der Waals surface area contributed by atoms with Crippen LogP contribution in [0, 0.1) is 5.82 Å².